The molecule has 0 aromatic carbocycles. The zero-order chi connectivity index (χ0) is 14.9. The van der Waals surface area contributed by atoms with Crippen LogP contribution in [0.15, 0.2) is 0 Å². The number of carbonyl (C=O) groups is 2. The molecule has 1 unspecified atom stereocenters. The van der Waals surface area contributed by atoms with Crippen LogP contribution in [0.3, 0.4) is 0 Å². The Hall–Kier alpha value is -1.19. The number of hydrogen-bond donors (Lipinski definition) is 3. The van der Waals surface area contributed by atoms with Crippen molar-refractivity contribution in [3.05, 3.63) is 0 Å². The van der Waals surface area contributed by atoms with Crippen molar-refractivity contribution in [2.75, 3.05) is 32.6 Å². The highest BCUT2D eigenvalue weighted by molar-refractivity contribution is 7.89. The molecule has 0 bridgehead atoms. The summed E-state index contributed by atoms with van der Waals surface area (Å²) < 4.78 is 29.7. The van der Waals surface area contributed by atoms with Crippen LogP contribution < -0.4 is 10.0 Å². The third-order valence-corrected chi connectivity index (χ3v) is 3.65. The number of sulfonamides is 1. The molecule has 0 heterocycles. The van der Waals surface area contributed by atoms with E-state index in [1.54, 1.807) is 0 Å². The second-order valence-corrected chi connectivity index (χ2v) is 5.96. The molecule has 3 N–H and O–H groups in total. The second kappa shape index (κ2) is 8.83. The summed E-state index contributed by atoms with van der Waals surface area (Å²) in [5.41, 5.74) is 0. The van der Waals surface area contributed by atoms with E-state index in [1.807, 2.05) is 0 Å². The van der Waals surface area contributed by atoms with Crippen LogP contribution >= 0.6 is 0 Å². The maximum Gasteiger partial charge on any atom is 0.308 e. The van der Waals surface area contributed by atoms with Crippen LogP contribution in [0.1, 0.15) is 13.3 Å². The molecule has 0 aliphatic carbocycles. The minimum atomic E-state index is -3.51. The maximum atomic E-state index is 11.4. The average molecular weight is 296 g/mol. The SMILES string of the molecule is COCCCS(=O)(=O)NCC(=O)NCC(C)C(=O)O. The summed E-state index contributed by atoms with van der Waals surface area (Å²) in [6, 6.07) is 0. The van der Waals surface area contributed by atoms with Crippen LogP contribution in [-0.4, -0.2) is 58.0 Å². The smallest absolute Gasteiger partial charge is 0.308 e. The van der Waals surface area contributed by atoms with Crippen LogP contribution in [0.5, 0.6) is 0 Å². The molecule has 0 aliphatic heterocycles. The van der Waals surface area contributed by atoms with Crippen LogP contribution in [0, 0.1) is 5.92 Å². The fourth-order valence-electron chi connectivity index (χ4n) is 1.06. The molecule has 0 saturated heterocycles. The quantitative estimate of drug-likeness (QED) is 0.434. The van der Waals surface area contributed by atoms with Gasteiger partial charge in [-0.05, 0) is 6.42 Å². The lowest BCUT2D eigenvalue weighted by Gasteiger charge is -2.09. The topological polar surface area (TPSA) is 122 Å². The van der Waals surface area contributed by atoms with Crippen molar-refractivity contribution in [2.45, 2.75) is 13.3 Å². The van der Waals surface area contributed by atoms with Gasteiger partial charge in [0.15, 0.2) is 0 Å². The van der Waals surface area contributed by atoms with Gasteiger partial charge in [0.25, 0.3) is 0 Å². The minimum absolute atomic E-state index is 0.0421. The normalized spacial score (nSPS) is 12.9. The van der Waals surface area contributed by atoms with E-state index in [4.69, 9.17) is 9.84 Å². The first-order valence-corrected chi connectivity index (χ1v) is 7.39. The molecule has 0 aromatic rings. The molecule has 1 amide bonds. The van der Waals surface area contributed by atoms with Gasteiger partial charge in [-0.1, -0.05) is 6.92 Å². The van der Waals surface area contributed by atoms with E-state index in [0.29, 0.717) is 13.0 Å². The lowest BCUT2D eigenvalue weighted by molar-refractivity contribution is -0.141. The Bertz CT molecular complexity index is 395. The molecule has 0 fully saturated rings. The summed E-state index contributed by atoms with van der Waals surface area (Å²) in [5.74, 6) is -2.44. The Morgan fingerprint density at radius 3 is 2.53 bits per heavy atom. The average Bonchev–Trinajstić information content (AvgIpc) is 2.33. The Kier molecular flexibility index (Phi) is 8.28. The molecule has 1 atom stereocenters. The molecule has 0 spiro atoms. The predicted octanol–water partition coefficient (Wildman–Crippen LogP) is -1.22. The molecule has 0 aliphatic rings. The standard InChI is InChI=1S/C10H20N2O6S/c1-8(10(14)15)6-11-9(13)7-12-19(16,17)5-3-4-18-2/h8,12H,3-7H2,1-2H3,(H,11,13)(H,14,15). The number of aliphatic carboxylic acids is 1. The first-order chi connectivity index (χ1) is 8.78. The van der Waals surface area contributed by atoms with Crippen molar-refractivity contribution in [3.63, 3.8) is 0 Å². The lowest BCUT2D eigenvalue weighted by Crippen LogP contribution is -2.40. The summed E-state index contributed by atoms with van der Waals surface area (Å²) in [4.78, 5) is 21.8. The summed E-state index contributed by atoms with van der Waals surface area (Å²) in [7, 11) is -2.04. The predicted molar refractivity (Wildman–Crippen MR) is 68.1 cm³/mol. The third-order valence-electron chi connectivity index (χ3n) is 2.24. The van der Waals surface area contributed by atoms with E-state index in [-0.39, 0.29) is 12.3 Å². The van der Waals surface area contributed by atoms with E-state index < -0.39 is 34.4 Å². The molecule has 8 nitrogen and oxygen atoms in total. The maximum absolute atomic E-state index is 11.4. The number of carboxylic acid groups (broad SMARTS) is 1. The van der Waals surface area contributed by atoms with Crippen molar-refractivity contribution in [3.8, 4) is 0 Å². The van der Waals surface area contributed by atoms with E-state index in [2.05, 4.69) is 10.0 Å². The number of nitrogens with one attached hydrogen (secondary N) is 2. The fourth-order valence-corrected chi connectivity index (χ4v) is 2.05. The Morgan fingerprint density at radius 1 is 1.37 bits per heavy atom. The highest BCUT2D eigenvalue weighted by Gasteiger charge is 2.14. The number of hydrogen-bond acceptors (Lipinski definition) is 5. The van der Waals surface area contributed by atoms with Crippen LogP contribution in [0.2, 0.25) is 0 Å². The molecule has 0 saturated carbocycles. The van der Waals surface area contributed by atoms with Crippen LogP contribution in [0.25, 0.3) is 0 Å². The van der Waals surface area contributed by atoms with Crippen molar-refractivity contribution in [2.24, 2.45) is 5.92 Å². The zero-order valence-electron chi connectivity index (χ0n) is 11.0. The summed E-state index contributed by atoms with van der Waals surface area (Å²) >= 11 is 0. The highest BCUT2D eigenvalue weighted by atomic mass is 32.2. The molecule has 19 heavy (non-hydrogen) atoms. The number of amides is 1. The monoisotopic (exact) mass is 296 g/mol. The number of carbonyl (C=O) groups excluding carboxylic acids is 1. The second-order valence-electron chi connectivity index (χ2n) is 4.03. The van der Waals surface area contributed by atoms with E-state index in [1.165, 1.54) is 14.0 Å². The van der Waals surface area contributed by atoms with Crippen molar-refractivity contribution < 1.29 is 27.9 Å². The Balaban J connectivity index is 3.92. The molecule has 0 aromatic heterocycles. The molecular formula is C10H20N2O6S. The number of ether oxygens (including phenoxy) is 1. The van der Waals surface area contributed by atoms with Gasteiger partial charge in [0.1, 0.15) is 0 Å². The van der Waals surface area contributed by atoms with Gasteiger partial charge in [0.2, 0.25) is 15.9 Å². The lowest BCUT2D eigenvalue weighted by atomic mass is 10.2. The number of methoxy groups -OCH3 is 1. The van der Waals surface area contributed by atoms with Gasteiger partial charge in [-0.15, -0.1) is 0 Å². The van der Waals surface area contributed by atoms with Gasteiger partial charge in [0.05, 0.1) is 18.2 Å². The van der Waals surface area contributed by atoms with Crippen molar-refractivity contribution in [1.29, 1.82) is 0 Å². The first-order valence-electron chi connectivity index (χ1n) is 5.74. The first kappa shape index (κ1) is 17.8. The summed E-state index contributed by atoms with van der Waals surface area (Å²) in [6.45, 7) is 1.32. The van der Waals surface area contributed by atoms with E-state index in [9.17, 15) is 18.0 Å². The fraction of sp³-hybridized carbons (Fsp3) is 0.800. The minimum Gasteiger partial charge on any atom is -0.481 e. The molecule has 0 radical (unpaired) electrons. The van der Waals surface area contributed by atoms with Crippen molar-refractivity contribution >= 4 is 21.9 Å². The van der Waals surface area contributed by atoms with Gasteiger partial charge in [-0.25, -0.2) is 13.1 Å². The van der Waals surface area contributed by atoms with E-state index >= 15 is 0 Å². The van der Waals surface area contributed by atoms with Crippen LogP contribution in [0.4, 0.5) is 0 Å². The Labute approximate surface area is 112 Å². The Morgan fingerprint density at radius 2 is 2.00 bits per heavy atom. The van der Waals surface area contributed by atoms with Gasteiger partial charge in [0, 0.05) is 20.3 Å². The van der Waals surface area contributed by atoms with Gasteiger partial charge < -0.3 is 15.2 Å². The number of rotatable bonds is 10. The van der Waals surface area contributed by atoms with Gasteiger partial charge >= 0.3 is 5.97 Å². The highest BCUT2D eigenvalue weighted by Crippen LogP contribution is 1.92. The largest absolute Gasteiger partial charge is 0.481 e. The van der Waals surface area contributed by atoms with Gasteiger partial charge in [-0.2, -0.15) is 0 Å². The molecular weight excluding hydrogens is 276 g/mol. The molecule has 9 heteroatoms. The zero-order valence-corrected chi connectivity index (χ0v) is 11.8. The third kappa shape index (κ3) is 9.40. The van der Waals surface area contributed by atoms with Gasteiger partial charge in [-0.3, -0.25) is 9.59 Å². The summed E-state index contributed by atoms with van der Waals surface area (Å²) in [6.07, 6.45) is 0.337. The molecule has 0 rings (SSSR count). The van der Waals surface area contributed by atoms with Crippen molar-refractivity contribution in [1.82, 2.24) is 10.0 Å². The number of carboxylic acids is 1. The molecule has 112 valence electrons. The van der Waals surface area contributed by atoms with Crippen LogP contribution in [-0.2, 0) is 24.3 Å². The summed E-state index contributed by atoms with van der Waals surface area (Å²) in [5, 5.41) is 10.9. The van der Waals surface area contributed by atoms with E-state index in [0.717, 1.165) is 0 Å².